The molecule has 1 aromatic carbocycles. The van der Waals surface area contributed by atoms with Gasteiger partial charge in [-0.25, -0.2) is 0 Å². The van der Waals surface area contributed by atoms with Crippen LogP contribution < -0.4 is 5.32 Å². The number of carbonyl (C=O) groups excluding carboxylic acids is 1. The van der Waals surface area contributed by atoms with E-state index in [4.69, 9.17) is 23.2 Å². The van der Waals surface area contributed by atoms with Crippen molar-refractivity contribution in [3.63, 3.8) is 0 Å². The predicted molar refractivity (Wildman–Crippen MR) is 63.5 cm³/mol. The molecule has 0 unspecified atom stereocenters. The molecule has 0 bridgehead atoms. The summed E-state index contributed by atoms with van der Waals surface area (Å²) in [5.74, 6) is -0.0777. The van der Waals surface area contributed by atoms with Crippen molar-refractivity contribution in [1.29, 1.82) is 0 Å². The minimum Gasteiger partial charge on any atom is -0.325 e. The molecule has 0 radical (unpaired) electrons. The van der Waals surface area contributed by atoms with Crippen molar-refractivity contribution in [2.75, 3.05) is 10.6 Å². The predicted octanol–water partition coefficient (Wildman–Crippen LogP) is 3.72. The van der Waals surface area contributed by atoms with Gasteiger partial charge < -0.3 is 5.32 Å². The third-order valence-corrected chi connectivity index (χ3v) is 2.47. The molecule has 0 spiro atoms. The van der Waals surface area contributed by atoms with E-state index in [9.17, 15) is 4.79 Å². The summed E-state index contributed by atoms with van der Waals surface area (Å²) >= 11 is 14.8. The van der Waals surface area contributed by atoms with E-state index in [1.54, 1.807) is 18.2 Å². The molecule has 2 nitrogen and oxygen atoms in total. The molecule has 0 aromatic heterocycles. The van der Waals surface area contributed by atoms with Gasteiger partial charge in [0.05, 0.1) is 10.7 Å². The number of halogens is 3. The van der Waals surface area contributed by atoms with Crippen LogP contribution in [0.2, 0.25) is 10.0 Å². The third-order valence-electron chi connectivity index (χ3n) is 1.53. The Balaban J connectivity index is 2.72. The van der Waals surface area contributed by atoms with Gasteiger partial charge in [-0.3, -0.25) is 4.79 Å². The van der Waals surface area contributed by atoms with Crippen molar-refractivity contribution < 1.29 is 4.79 Å². The number of anilines is 1. The van der Waals surface area contributed by atoms with Gasteiger partial charge in [-0.05, 0) is 18.2 Å². The van der Waals surface area contributed by atoms with Gasteiger partial charge in [0, 0.05) is 16.8 Å². The van der Waals surface area contributed by atoms with Gasteiger partial charge >= 0.3 is 0 Å². The maximum Gasteiger partial charge on any atom is 0.225 e. The first-order valence-corrected chi connectivity index (χ1v) is 5.82. The molecular formula is C9H8BrCl2NO. The average molecular weight is 297 g/mol. The van der Waals surface area contributed by atoms with Gasteiger partial charge in [0.2, 0.25) is 5.91 Å². The Labute approximate surface area is 101 Å². The largest absolute Gasteiger partial charge is 0.325 e. The molecular weight excluding hydrogens is 289 g/mol. The second-order valence-electron chi connectivity index (χ2n) is 2.61. The molecule has 14 heavy (non-hydrogen) atoms. The molecule has 76 valence electrons. The molecule has 1 rings (SSSR count). The number of hydrogen-bond acceptors (Lipinski definition) is 1. The molecule has 0 aliphatic rings. The Morgan fingerprint density at radius 3 is 2.71 bits per heavy atom. The molecule has 0 fully saturated rings. The Hall–Kier alpha value is -0.250. The quantitative estimate of drug-likeness (QED) is 0.846. The molecule has 0 heterocycles. The first-order chi connectivity index (χ1) is 6.63. The normalized spacial score (nSPS) is 9.93. The fourth-order valence-electron chi connectivity index (χ4n) is 0.889. The minimum absolute atomic E-state index is 0.0777. The van der Waals surface area contributed by atoms with Gasteiger partial charge in [-0.1, -0.05) is 39.1 Å². The van der Waals surface area contributed by atoms with Crippen LogP contribution in [0.4, 0.5) is 5.69 Å². The summed E-state index contributed by atoms with van der Waals surface area (Å²) in [4.78, 5) is 11.2. The highest BCUT2D eigenvalue weighted by atomic mass is 79.9. The van der Waals surface area contributed by atoms with Gasteiger partial charge in [0.15, 0.2) is 0 Å². The van der Waals surface area contributed by atoms with E-state index in [2.05, 4.69) is 21.2 Å². The molecule has 0 atom stereocenters. The van der Waals surface area contributed by atoms with Crippen molar-refractivity contribution in [3.05, 3.63) is 28.2 Å². The fraction of sp³-hybridized carbons (Fsp3) is 0.222. The zero-order chi connectivity index (χ0) is 10.6. The van der Waals surface area contributed by atoms with Crippen LogP contribution in [0.5, 0.6) is 0 Å². The number of benzene rings is 1. The summed E-state index contributed by atoms with van der Waals surface area (Å²) in [6.07, 6.45) is 0.416. The van der Waals surface area contributed by atoms with Crippen LogP contribution in [0.15, 0.2) is 18.2 Å². The standard InChI is InChI=1S/C9H8BrCl2NO/c10-4-3-9(14)13-8-2-1-6(11)5-7(8)12/h1-2,5H,3-4H2,(H,13,14). The van der Waals surface area contributed by atoms with Crippen LogP contribution in [0.25, 0.3) is 0 Å². The molecule has 1 N–H and O–H groups in total. The highest BCUT2D eigenvalue weighted by molar-refractivity contribution is 9.09. The van der Waals surface area contributed by atoms with Crippen molar-refractivity contribution in [2.24, 2.45) is 0 Å². The van der Waals surface area contributed by atoms with Crippen molar-refractivity contribution >= 4 is 50.7 Å². The van der Waals surface area contributed by atoms with E-state index >= 15 is 0 Å². The molecule has 1 amide bonds. The van der Waals surface area contributed by atoms with E-state index < -0.39 is 0 Å². The summed E-state index contributed by atoms with van der Waals surface area (Å²) in [5.41, 5.74) is 0.585. The summed E-state index contributed by atoms with van der Waals surface area (Å²) in [6, 6.07) is 4.95. The number of amides is 1. The molecule has 1 aromatic rings. The zero-order valence-corrected chi connectivity index (χ0v) is 10.3. The summed E-state index contributed by atoms with van der Waals surface area (Å²) in [5, 5.41) is 4.30. The molecule has 0 saturated carbocycles. The van der Waals surface area contributed by atoms with Crippen molar-refractivity contribution in [3.8, 4) is 0 Å². The second-order valence-corrected chi connectivity index (χ2v) is 4.25. The molecule has 5 heteroatoms. The van der Waals surface area contributed by atoms with Crippen LogP contribution in [0, 0.1) is 0 Å². The topological polar surface area (TPSA) is 29.1 Å². The number of hydrogen-bond donors (Lipinski definition) is 1. The van der Waals surface area contributed by atoms with E-state index in [1.165, 1.54) is 0 Å². The second kappa shape index (κ2) is 5.59. The van der Waals surface area contributed by atoms with E-state index in [0.717, 1.165) is 0 Å². The summed E-state index contributed by atoms with van der Waals surface area (Å²) in [7, 11) is 0. The number of nitrogens with one attached hydrogen (secondary N) is 1. The van der Waals surface area contributed by atoms with Gasteiger partial charge in [0.1, 0.15) is 0 Å². The van der Waals surface area contributed by atoms with Crippen LogP contribution >= 0.6 is 39.1 Å². The summed E-state index contributed by atoms with van der Waals surface area (Å²) < 4.78 is 0. The molecule has 0 saturated heterocycles. The smallest absolute Gasteiger partial charge is 0.225 e. The lowest BCUT2D eigenvalue weighted by Gasteiger charge is -2.06. The number of alkyl halides is 1. The van der Waals surface area contributed by atoms with Crippen molar-refractivity contribution in [1.82, 2.24) is 0 Å². The minimum atomic E-state index is -0.0777. The monoisotopic (exact) mass is 295 g/mol. The van der Waals surface area contributed by atoms with Crippen LogP contribution in [-0.2, 0) is 4.79 Å². The van der Waals surface area contributed by atoms with Crippen LogP contribution in [0.1, 0.15) is 6.42 Å². The molecule has 0 aliphatic carbocycles. The van der Waals surface area contributed by atoms with E-state index in [1.807, 2.05) is 0 Å². The van der Waals surface area contributed by atoms with Crippen LogP contribution in [-0.4, -0.2) is 11.2 Å². The average Bonchev–Trinajstić information content (AvgIpc) is 2.10. The fourth-order valence-corrected chi connectivity index (χ4v) is 1.71. The highest BCUT2D eigenvalue weighted by Crippen LogP contribution is 2.25. The lowest BCUT2D eigenvalue weighted by atomic mass is 10.3. The molecule has 0 aliphatic heterocycles. The Morgan fingerprint density at radius 1 is 1.43 bits per heavy atom. The Bertz CT molecular complexity index is 344. The maximum atomic E-state index is 11.2. The lowest BCUT2D eigenvalue weighted by Crippen LogP contribution is -2.11. The Kier molecular flexibility index (Phi) is 4.72. The van der Waals surface area contributed by atoms with Gasteiger partial charge in [0.25, 0.3) is 0 Å². The first kappa shape index (κ1) is 11.8. The first-order valence-electron chi connectivity index (χ1n) is 3.94. The van der Waals surface area contributed by atoms with Crippen molar-refractivity contribution in [2.45, 2.75) is 6.42 Å². The lowest BCUT2D eigenvalue weighted by molar-refractivity contribution is -0.115. The SMILES string of the molecule is O=C(CCBr)Nc1ccc(Cl)cc1Cl. The third kappa shape index (κ3) is 3.48. The van der Waals surface area contributed by atoms with E-state index in [0.29, 0.717) is 27.5 Å². The van der Waals surface area contributed by atoms with Gasteiger partial charge in [-0.2, -0.15) is 0 Å². The van der Waals surface area contributed by atoms with Gasteiger partial charge in [-0.15, -0.1) is 0 Å². The zero-order valence-electron chi connectivity index (χ0n) is 7.19. The van der Waals surface area contributed by atoms with Crippen LogP contribution in [0.3, 0.4) is 0 Å². The number of rotatable bonds is 3. The highest BCUT2D eigenvalue weighted by Gasteiger charge is 2.04. The summed E-state index contributed by atoms with van der Waals surface area (Å²) in [6.45, 7) is 0. The number of carbonyl (C=O) groups is 1. The Morgan fingerprint density at radius 2 is 2.14 bits per heavy atom. The maximum absolute atomic E-state index is 11.2. The van der Waals surface area contributed by atoms with E-state index in [-0.39, 0.29) is 5.91 Å².